The maximum absolute atomic E-state index is 13.8. The van der Waals surface area contributed by atoms with Crippen molar-refractivity contribution in [1.29, 1.82) is 0 Å². The molecule has 0 aliphatic carbocycles. The molecule has 2 aliphatic heterocycles. The highest BCUT2D eigenvalue weighted by Gasteiger charge is 2.17. The molecular weight excluding hydrogens is 383 g/mol. The van der Waals surface area contributed by atoms with Gasteiger partial charge in [0, 0.05) is 57.9 Å². The van der Waals surface area contributed by atoms with Crippen LogP contribution in [0.3, 0.4) is 0 Å². The molecule has 2 amide bonds. The molecule has 30 heavy (non-hydrogen) atoms. The first-order valence-electron chi connectivity index (χ1n) is 11.1. The summed E-state index contributed by atoms with van der Waals surface area (Å²) < 4.78 is 13.8. The fraction of sp³-hybridized carbons (Fsp3) is 0.652. The van der Waals surface area contributed by atoms with E-state index in [1.807, 2.05) is 11.0 Å². The van der Waals surface area contributed by atoms with Crippen LogP contribution in [0.15, 0.2) is 18.2 Å². The molecule has 0 aromatic heterocycles. The van der Waals surface area contributed by atoms with E-state index in [9.17, 15) is 14.0 Å². The predicted molar refractivity (Wildman–Crippen MR) is 120 cm³/mol. The average molecular weight is 421 g/mol. The first-order chi connectivity index (χ1) is 14.3. The molecule has 0 bridgehead atoms. The molecule has 0 spiro atoms. The van der Waals surface area contributed by atoms with E-state index in [0.29, 0.717) is 6.04 Å². The molecule has 1 aromatic carbocycles. The zero-order chi connectivity index (χ0) is 22.1. The Bertz CT molecular complexity index is 690. The summed E-state index contributed by atoms with van der Waals surface area (Å²) >= 11 is 0. The van der Waals surface area contributed by atoms with Gasteiger partial charge in [0.25, 0.3) is 0 Å². The second kappa shape index (κ2) is 11.9. The fourth-order valence-electron chi connectivity index (χ4n) is 3.84. The Morgan fingerprint density at radius 3 is 2.40 bits per heavy atom. The number of halogens is 1. The van der Waals surface area contributed by atoms with Crippen LogP contribution < -0.4 is 10.2 Å². The highest BCUT2D eigenvalue weighted by atomic mass is 19.1. The van der Waals surface area contributed by atoms with E-state index < -0.39 is 0 Å². The van der Waals surface area contributed by atoms with Gasteiger partial charge in [0.2, 0.25) is 12.3 Å². The molecule has 1 aromatic rings. The lowest BCUT2D eigenvalue weighted by Crippen LogP contribution is -2.34. The smallest absolute Gasteiger partial charge is 0.221 e. The number of nitrogens with zero attached hydrogens (tertiary/aromatic N) is 3. The van der Waals surface area contributed by atoms with Crippen LogP contribution in [0.2, 0.25) is 0 Å². The van der Waals surface area contributed by atoms with Gasteiger partial charge in [0.15, 0.2) is 0 Å². The van der Waals surface area contributed by atoms with Crippen LogP contribution in [-0.4, -0.2) is 67.4 Å². The molecule has 2 fully saturated rings. The van der Waals surface area contributed by atoms with Gasteiger partial charge in [-0.15, -0.1) is 0 Å². The van der Waals surface area contributed by atoms with Gasteiger partial charge in [0.1, 0.15) is 5.82 Å². The SMILES string of the molecule is CC(=O)Nc1ccc(N2CCC(C)CC2)cc1F.CC(C)N1CCCN(C=O)CC1. The zero-order valence-electron chi connectivity index (χ0n) is 18.9. The molecule has 6 nitrogen and oxygen atoms in total. The highest BCUT2D eigenvalue weighted by molar-refractivity contribution is 5.89. The first-order valence-corrected chi connectivity index (χ1v) is 11.1. The molecule has 0 saturated carbocycles. The number of anilines is 2. The molecule has 0 atom stereocenters. The van der Waals surface area contributed by atoms with E-state index in [2.05, 4.69) is 35.9 Å². The third-order valence-corrected chi connectivity index (χ3v) is 5.86. The third-order valence-electron chi connectivity index (χ3n) is 5.86. The van der Waals surface area contributed by atoms with E-state index in [-0.39, 0.29) is 17.4 Å². The Morgan fingerprint density at radius 1 is 1.13 bits per heavy atom. The van der Waals surface area contributed by atoms with Gasteiger partial charge in [0.05, 0.1) is 5.69 Å². The van der Waals surface area contributed by atoms with Crippen LogP contribution in [0.5, 0.6) is 0 Å². The number of amides is 2. The number of hydrogen-bond donors (Lipinski definition) is 1. The van der Waals surface area contributed by atoms with Crippen LogP contribution in [0.4, 0.5) is 15.8 Å². The van der Waals surface area contributed by atoms with Crippen LogP contribution in [-0.2, 0) is 9.59 Å². The molecule has 3 rings (SSSR count). The van der Waals surface area contributed by atoms with Crippen LogP contribution in [0.1, 0.15) is 47.0 Å². The average Bonchev–Trinajstić information content (AvgIpc) is 2.96. The monoisotopic (exact) mass is 420 g/mol. The van der Waals surface area contributed by atoms with Crippen LogP contribution in [0.25, 0.3) is 0 Å². The highest BCUT2D eigenvalue weighted by Crippen LogP contribution is 2.26. The topological polar surface area (TPSA) is 55.9 Å². The van der Waals surface area contributed by atoms with Crippen molar-refractivity contribution in [3.05, 3.63) is 24.0 Å². The van der Waals surface area contributed by atoms with Crippen molar-refractivity contribution in [1.82, 2.24) is 9.80 Å². The van der Waals surface area contributed by atoms with Gasteiger partial charge in [-0.05, 0) is 57.2 Å². The molecule has 7 heteroatoms. The summed E-state index contributed by atoms with van der Waals surface area (Å²) in [4.78, 5) is 27.9. The number of benzene rings is 1. The summed E-state index contributed by atoms with van der Waals surface area (Å²) in [6, 6.07) is 5.60. The minimum Gasteiger partial charge on any atom is -0.371 e. The second-order valence-electron chi connectivity index (χ2n) is 8.64. The van der Waals surface area contributed by atoms with E-state index in [0.717, 1.165) is 76.5 Å². The Balaban J connectivity index is 0.000000232. The number of carbonyl (C=O) groups is 2. The fourth-order valence-corrected chi connectivity index (χ4v) is 3.84. The molecule has 2 heterocycles. The number of rotatable bonds is 4. The third kappa shape index (κ3) is 7.59. The Kier molecular flexibility index (Phi) is 9.56. The Morgan fingerprint density at radius 2 is 1.83 bits per heavy atom. The molecule has 1 N–H and O–H groups in total. The number of nitrogens with one attached hydrogen (secondary N) is 1. The van der Waals surface area contributed by atoms with E-state index in [4.69, 9.17) is 0 Å². The van der Waals surface area contributed by atoms with Gasteiger partial charge in [-0.2, -0.15) is 0 Å². The predicted octanol–water partition coefficient (Wildman–Crippen LogP) is 3.58. The normalized spacial score (nSPS) is 18.5. The first kappa shape index (κ1) is 24.1. The molecular formula is C23H37FN4O2. The Labute approximate surface area is 180 Å². The molecule has 0 radical (unpaired) electrons. The minimum atomic E-state index is -0.374. The lowest BCUT2D eigenvalue weighted by molar-refractivity contribution is -0.118. The molecule has 2 aliphatic rings. The van der Waals surface area contributed by atoms with Crippen LogP contribution in [0, 0.1) is 11.7 Å². The van der Waals surface area contributed by atoms with Crippen molar-refractivity contribution in [3.63, 3.8) is 0 Å². The summed E-state index contributed by atoms with van der Waals surface area (Å²) in [5, 5.41) is 2.48. The van der Waals surface area contributed by atoms with Crippen molar-refractivity contribution in [3.8, 4) is 0 Å². The molecule has 168 valence electrons. The Hall–Kier alpha value is -2.15. The molecule has 2 saturated heterocycles. The van der Waals surface area contributed by atoms with Gasteiger partial charge < -0.3 is 15.1 Å². The zero-order valence-corrected chi connectivity index (χ0v) is 18.9. The van der Waals surface area contributed by atoms with Crippen molar-refractivity contribution in [2.75, 3.05) is 49.5 Å². The summed E-state index contributed by atoms with van der Waals surface area (Å²) in [6.07, 6.45) is 4.37. The summed E-state index contributed by atoms with van der Waals surface area (Å²) in [5.74, 6) is 0.125. The van der Waals surface area contributed by atoms with E-state index in [1.54, 1.807) is 6.07 Å². The minimum absolute atomic E-state index is 0.247. The lowest BCUT2D eigenvalue weighted by Gasteiger charge is -2.32. The molecule has 0 unspecified atom stereocenters. The van der Waals surface area contributed by atoms with Crippen LogP contribution >= 0.6 is 0 Å². The standard InChI is InChI=1S/C14H19FN2O.C9H18N2O/c1-10-5-7-17(8-6-10)12-3-4-14(13(15)9-12)16-11(2)18;1-9(2)11-5-3-4-10(8-12)6-7-11/h3-4,9-10H,5-8H2,1-2H3,(H,16,18);8-9H,3-7H2,1-2H3. The number of hydrogen-bond acceptors (Lipinski definition) is 4. The lowest BCUT2D eigenvalue weighted by atomic mass is 9.99. The summed E-state index contributed by atoms with van der Waals surface area (Å²) in [6.45, 7) is 13.9. The van der Waals surface area contributed by atoms with Crippen molar-refractivity contribution in [2.24, 2.45) is 5.92 Å². The summed E-state index contributed by atoms with van der Waals surface area (Å²) in [7, 11) is 0. The summed E-state index contributed by atoms with van der Waals surface area (Å²) in [5.41, 5.74) is 1.14. The van der Waals surface area contributed by atoms with Crippen molar-refractivity contribution < 1.29 is 14.0 Å². The maximum atomic E-state index is 13.8. The number of carbonyl (C=O) groups excluding carboxylic acids is 2. The van der Waals surface area contributed by atoms with Gasteiger partial charge >= 0.3 is 0 Å². The van der Waals surface area contributed by atoms with Gasteiger partial charge in [-0.3, -0.25) is 14.5 Å². The quantitative estimate of drug-likeness (QED) is 0.757. The van der Waals surface area contributed by atoms with E-state index >= 15 is 0 Å². The largest absolute Gasteiger partial charge is 0.371 e. The maximum Gasteiger partial charge on any atom is 0.221 e. The van der Waals surface area contributed by atoms with E-state index in [1.165, 1.54) is 13.0 Å². The van der Waals surface area contributed by atoms with Gasteiger partial charge in [-0.25, -0.2) is 4.39 Å². The van der Waals surface area contributed by atoms with Gasteiger partial charge in [-0.1, -0.05) is 6.92 Å². The van der Waals surface area contributed by atoms with Crippen molar-refractivity contribution in [2.45, 2.75) is 53.0 Å². The second-order valence-corrected chi connectivity index (χ2v) is 8.64. The van der Waals surface area contributed by atoms with Crippen molar-refractivity contribution >= 4 is 23.7 Å². The number of piperidine rings is 1.